The Labute approximate surface area is 92.5 Å². The molecule has 2 rings (SSSR count). The molecule has 16 heavy (non-hydrogen) atoms. The Kier molecular flexibility index (Phi) is 2.47. The monoisotopic (exact) mass is 219 g/mol. The lowest BCUT2D eigenvalue weighted by Crippen LogP contribution is -2.23. The van der Waals surface area contributed by atoms with Crippen LogP contribution in [0.1, 0.15) is 19.7 Å². The second-order valence-corrected chi connectivity index (χ2v) is 4.03. The highest BCUT2D eigenvalue weighted by Gasteiger charge is 2.23. The smallest absolute Gasteiger partial charge is 0.249 e. The number of nitrogens with zero attached hydrogens (tertiary/aromatic N) is 2. The number of pyridine rings is 1. The fraction of sp³-hybridized carbons (Fsp3) is 0.364. The SMILES string of the molecule is COC(C)(C)c1ncc2ccc(=O)[nH]c2n1. The van der Waals surface area contributed by atoms with Crippen molar-refractivity contribution in [1.82, 2.24) is 15.0 Å². The summed E-state index contributed by atoms with van der Waals surface area (Å²) in [5, 5.41) is 0.801. The summed E-state index contributed by atoms with van der Waals surface area (Å²) in [4.78, 5) is 22.3. The molecule has 0 saturated carbocycles. The minimum absolute atomic E-state index is 0.174. The van der Waals surface area contributed by atoms with E-state index in [-0.39, 0.29) is 5.56 Å². The lowest BCUT2D eigenvalue weighted by Gasteiger charge is -2.20. The average Bonchev–Trinajstić information content (AvgIpc) is 2.28. The van der Waals surface area contributed by atoms with Crippen LogP contribution in [0.4, 0.5) is 0 Å². The standard InChI is InChI=1S/C11H13N3O2/c1-11(2,16-3)10-12-6-7-4-5-8(15)13-9(7)14-10/h4-6H,1-3H3,(H,12,13,14,15). The van der Waals surface area contributed by atoms with Crippen LogP contribution in [-0.4, -0.2) is 22.1 Å². The molecule has 0 aromatic carbocycles. The Bertz CT molecular complexity index is 575. The van der Waals surface area contributed by atoms with Crippen LogP contribution >= 0.6 is 0 Å². The molecule has 0 aliphatic rings. The van der Waals surface area contributed by atoms with Crippen molar-refractivity contribution in [1.29, 1.82) is 0 Å². The van der Waals surface area contributed by atoms with Crippen LogP contribution in [0.25, 0.3) is 11.0 Å². The van der Waals surface area contributed by atoms with Gasteiger partial charge in [-0.3, -0.25) is 4.79 Å². The number of ether oxygens (including phenoxy) is 1. The van der Waals surface area contributed by atoms with Crippen LogP contribution in [-0.2, 0) is 10.3 Å². The predicted octanol–water partition coefficient (Wildman–Crippen LogP) is 1.20. The number of H-pyrrole nitrogens is 1. The molecule has 5 heteroatoms. The first-order valence-corrected chi connectivity index (χ1v) is 4.94. The van der Waals surface area contributed by atoms with E-state index in [0.717, 1.165) is 5.39 Å². The summed E-state index contributed by atoms with van der Waals surface area (Å²) < 4.78 is 5.29. The number of hydrogen-bond acceptors (Lipinski definition) is 4. The molecule has 0 fully saturated rings. The van der Waals surface area contributed by atoms with Crippen LogP contribution < -0.4 is 5.56 Å². The molecule has 0 amide bonds. The fourth-order valence-corrected chi connectivity index (χ4v) is 1.32. The van der Waals surface area contributed by atoms with Gasteiger partial charge in [-0.1, -0.05) is 0 Å². The van der Waals surface area contributed by atoms with Crippen molar-refractivity contribution in [2.75, 3.05) is 7.11 Å². The van der Waals surface area contributed by atoms with Gasteiger partial charge < -0.3 is 9.72 Å². The van der Waals surface area contributed by atoms with E-state index in [1.54, 1.807) is 19.4 Å². The molecular formula is C11H13N3O2. The Morgan fingerprint density at radius 3 is 2.81 bits per heavy atom. The zero-order valence-electron chi connectivity index (χ0n) is 9.44. The van der Waals surface area contributed by atoms with Gasteiger partial charge in [0.05, 0.1) is 0 Å². The number of fused-ring (bicyclic) bond motifs is 1. The zero-order valence-corrected chi connectivity index (χ0v) is 9.44. The molecule has 2 aromatic rings. The highest BCUT2D eigenvalue weighted by atomic mass is 16.5. The largest absolute Gasteiger partial charge is 0.371 e. The van der Waals surface area contributed by atoms with E-state index in [1.165, 1.54) is 6.07 Å². The molecule has 2 aromatic heterocycles. The topological polar surface area (TPSA) is 67.9 Å². The maximum Gasteiger partial charge on any atom is 0.249 e. The van der Waals surface area contributed by atoms with Gasteiger partial charge in [0.25, 0.3) is 0 Å². The van der Waals surface area contributed by atoms with E-state index in [4.69, 9.17) is 4.74 Å². The van der Waals surface area contributed by atoms with Crippen LogP contribution in [0.2, 0.25) is 0 Å². The van der Waals surface area contributed by atoms with Gasteiger partial charge in [-0.05, 0) is 19.9 Å². The summed E-state index contributed by atoms with van der Waals surface area (Å²) in [5.41, 5.74) is -0.212. The summed E-state index contributed by atoms with van der Waals surface area (Å²) in [6.45, 7) is 3.74. The van der Waals surface area contributed by atoms with E-state index in [1.807, 2.05) is 13.8 Å². The van der Waals surface area contributed by atoms with E-state index in [2.05, 4.69) is 15.0 Å². The lowest BCUT2D eigenvalue weighted by atomic mass is 10.1. The van der Waals surface area contributed by atoms with Crippen molar-refractivity contribution in [2.45, 2.75) is 19.4 Å². The molecule has 0 bridgehead atoms. The third kappa shape index (κ3) is 1.81. The third-order valence-electron chi connectivity index (χ3n) is 2.52. The van der Waals surface area contributed by atoms with E-state index in [0.29, 0.717) is 11.5 Å². The van der Waals surface area contributed by atoms with Crippen molar-refractivity contribution in [2.24, 2.45) is 0 Å². The van der Waals surface area contributed by atoms with Gasteiger partial charge in [0, 0.05) is 24.8 Å². The molecule has 84 valence electrons. The van der Waals surface area contributed by atoms with Gasteiger partial charge in [-0.25, -0.2) is 9.97 Å². The minimum atomic E-state index is -0.569. The first kappa shape index (κ1) is 10.8. The highest BCUT2D eigenvalue weighted by molar-refractivity contribution is 5.72. The van der Waals surface area contributed by atoms with Crippen molar-refractivity contribution >= 4 is 11.0 Å². The maximum absolute atomic E-state index is 11.2. The number of hydrogen-bond donors (Lipinski definition) is 1. The molecule has 0 radical (unpaired) electrons. The highest BCUT2D eigenvalue weighted by Crippen LogP contribution is 2.20. The summed E-state index contributed by atoms with van der Waals surface area (Å²) in [6.07, 6.45) is 1.67. The summed E-state index contributed by atoms with van der Waals surface area (Å²) in [6, 6.07) is 3.14. The van der Waals surface area contributed by atoms with Gasteiger partial charge in [0.15, 0.2) is 5.82 Å². The van der Waals surface area contributed by atoms with Crippen LogP contribution in [0.5, 0.6) is 0 Å². The minimum Gasteiger partial charge on any atom is -0.371 e. The van der Waals surface area contributed by atoms with Crippen molar-refractivity contribution in [3.63, 3.8) is 0 Å². The Morgan fingerprint density at radius 1 is 1.38 bits per heavy atom. The number of aromatic amines is 1. The van der Waals surface area contributed by atoms with Gasteiger partial charge in [-0.15, -0.1) is 0 Å². The number of methoxy groups -OCH3 is 1. The van der Waals surface area contributed by atoms with Gasteiger partial charge in [0.1, 0.15) is 11.2 Å². The lowest BCUT2D eigenvalue weighted by molar-refractivity contribution is 0.0117. The molecule has 0 aliphatic carbocycles. The number of rotatable bonds is 2. The molecule has 2 heterocycles. The van der Waals surface area contributed by atoms with Crippen LogP contribution in [0.15, 0.2) is 23.1 Å². The van der Waals surface area contributed by atoms with Crippen molar-refractivity contribution < 1.29 is 4.74 Å². The summed E-state index contributed by atoms with van der Waals surface area (Å²) in [5.74, 6) is 0.546. The molecule has 0 unspecified atom stereocenters. The quantitative estimate of drug-likeness (QED) is 0.824. The Hall–Kier alpha value is -1.75. The van der Waals surface area contributed by atoms with E-state index in [9.17, 15) is 4.79 Å². The maximum atomic E-state index is 11.2. The van der Waals surface area contributed by atoms with E-state index >= 15 is 0 Å². The molecule has 0 saturated heterocycles. The molecule has 5 nitrogen and oxygen atoms in total. The molecule has 1 N–H and O–H groups in total. The molecule has 0 spiro atoms. The normalized spacial score (nSPS) is 11.9. The Morgan fingerprint density at radius 2 is 2.12 bits per heavy atom. The van der Waals surface area contributed by atoms with Gasteiger partial charge >= 0.3 is 0 Å². The fourth-order valence-electron chi connectivity index (χ4n) is 1.32. The summed E-state index contributed by atoms with van der Waals surface area (Å²) in [7, 11) is 1.60. The Balaban J connectivity index is 2.63. The summed E-state index contributed by atoms with van der Waals surface area (Å²) >= 11 is 0. The molecule has 0 aliphatic heterocycles. The zero-order chi connectivity index (χ0) is 11.8. The average molecular weight is 219 g/mol. The van der Waals surface area contributed by atoms with Gasteiger partial charge in [-0.2, -0.15) is 0 Å². The second-order valence-electron chi connectivity index (χ2n) is 4.03. The number of aromatic nitrogens is 3. The van der Waals surface area contributed by atoms with Crippen LogP contribution in [0, 0.1) is 0 Å². The second kappa shape index (κ2) is 3.68. The molecule has 0 atom stereocenters. The first-order valence-electron chi connectivity index (χ1n) is 4.94. The molecular weight excluding hydrogens is 206 g/mol. The van der Waals surface area contributed by atoms with E-state index < -0.39 is 5.60 Å². The van der Waals surface area contributed by atoms with Crippen LogP contribution in [0.3, 0.4) is 0 Å². The first-order chi connectivity index (χ1) is 7.53. The third-order valence-corrected chi connectivity index (χ3v) is 2.52. The predicted molar refractivity (Wildman–Crippen MR) is 60.2 cm³/mol. The van der Waals surface area contributed by atoms with Gasteiger partial charge in [0.2, 0.25) is 5.56 Å². The number of nitrogens with one attached hydrogen (secondary N) is 1. The van der Waals surface area contributed by atoms with Crippen molar-refractivity contribution in [3.05, 3.63) is 34.5 Å². The van der Waals surface area contributed by atoms with Crippen molar-refractivity contribution in [3.8, 4) is 0 Å².